The van der Waals surface area contributed by atoms with Gasteiger partial charge in [0.2, 0.25) is 11.2 Å². The van der Waals surface area contributed by atoms with Gasteiger partial charge in [0.05, 0.1) is 0 Å². The van der Waals surface area contributed by atoms with Crippen molar-refractivity contribution >= 4 is 17.5 Å². The first-order valence-electron chi connectivity index (χ1n) is 7.74. The van der Waals surface area contributed by atoms with Crippen LogP contribution in [0, 0.1) is 0 Å². The molecule has 7 heteroatoms. The molecule has 21 heavy (non-hydrogen) atoms. The fraction of sp³-hybridized carbons (Fsp3) is 0.786. The highest BCUT2D eigenvalue weighted by molar-refractivity contribution is 6.28. The van der Waals surface area contributed by atoms with E-state index in [0.717, 1.165) is 32.7 Å². The number of rotatable bonds is 7. The summed E-state index contributed by atoms with van der Waals surface area (Å²) in [6.07, 6.45) is 3.60. The number of anilines is 1. The summed E-state index contributed by atoms with van der Waals surface area (Å²) < 4.78 is 5.64. The molecule has 0 bridgehead atoms. The number of hydrogen-bond donors (Lipinski definition) is 0. The molecular formula is C14H24ClN5O. The number of halogens is 1. The maximum atomic E-state index is 5.99. The molecule has 0 unspecified atom stereocenters. The quantitative estimate of drug-likeness (QED) is 0.769. The first-order valence-corrected chi connectivity index (χ1v) is 8.12. The minimum Gasteiger partial charge on any atom is -0.462 e. The zero-order valence-electron chi connectivity index (χ0n) is 12.9. The molecule has 2 rings (SSSR count). The molecule has 0 radical (unpaired) electrons. The lowest BCUT2D eigenvalue weighted by atomic mass is 10.1. The van der Waals surface area contributed by atoms with Crippen molar-refractivity contribution in [1.82, 2.24) is 19.9 Å². The van der Waals surface area contributed by atoms with Gasteiger partial charge in [-0.2, -0.15) is 15.0 Å². The van der Waals surface area contributed by atoms with E-state index in [1.807, 2.05) is 0 Å². The van der Waals surface area contributed by atoms with Gasteiger partial charge in [0, 0.05) is 19.6 Å². The Balaban J connectivity index is 1.94. The first-order chi connectivity index (χ1) is 10.2. The summed E-state index contributed by atoms with van der Waals surface area (Å²) in [5.74, 6) is 0.632. The van der Waals surface area contributed by atoms with Crippen LogP contribution in [0.3, 0.4) is 0 Å². The van der Waals surface area contributed by atoms with Crippen molar-refractivity contribution < 1.29 is 4.74 Å². The van der Waals surface area contributed by atoms with Crippen LogP contribution in [0.2, 0.25) is 5.28 Å². The molecule has 0 saturated carbocycles. The van der Waals surface area contributed by atoms with E-state index in [-0.39, 0.29) is 5.28 Å². The summed E-state index contributed by atoms with van der Waals surface area (Å²) in [7, 11) is 0. The molecule has 1 saturated heterocycles. The molecule has 0 amide bonds. The van der Waals surface area contributed by atoms with Crippen LogP contribution >= 0.6 is 11.6 Å². The molecule has 0 aromatic carbocycles. The molecule has 118 valence electrons. The molecule has 1 aliphatic rings. The molecule has 2 heterocycles. The molecule has 6 nitrogen and oxygen atoms in total. The number of likely N-dealkylation sites (N-methyl/N-ethyl adjacent to an activating group) is 1. The van der Waals surface area contributed by atoms with E-state index in [1.165, 1.54) is 19.3 Å². The Morgan fingerprint density at radius 1 is 1.10 bits per heavy atom. The van der Waals surface area contributed by atoms with Gasteiger partial charge in [0.15, 0.2) is 0 Å². The third kappa shape index (κ3) is 4.97. The highest BCUT2D eigenvalue weighted by atomic mass is 35.5. The third-order valence-corrected chi connectivity index (χ3v) is 3.92. The van der Waals surface area contributed by atoms with Crippen molar-refractivity contribution in [1.29, 1.82) is 0 Å². The number of nitrogens with zero attached hydrogens (tertiary/aromatic N) is 5. The van der Waals surface area contributed by atoms with Crippen LogP contribution < -0.4 is 9.64 Å². The molecule has 1 aliphatic heterocycles. The molecule has 0 aliphatic carbocycles. The normalized spacial score (nSPS) is 15.5. The van der Waals surface area contributed by atoms with Crippen molar-refractivity contribution in [2.45, 2.75) is 33.1 Å². The van der Waals surface area contributed by atoms with E-state index >= 15 is 0 Å². The number of ether oxygens (including phenoxy) is 1. The topological polar surface area (TPSA) is 54.4 Å². The van der Waals surface area contributed by atoms with Gasteiger partial charge < -0.3 is 14.5 Å². The second-order valence-corrected chi connectivity index (χ2v) is 5.45. The van der Waals surface area contributed by atoms with Crippen molar-refractivity contribution in [3.63, 3.8) is 0 Å². The Bertz CT molecular complexity index is 435. The molecule has 1 fully saturated rings. The van der Waals surface area contributed by atoms with Crippen molar-refractivity contribution in [3.05, 3.63) is 5.28 Å². The van der Waals surface area contributed by atoms with E-state index in [9.17, 15) is 0 Å². The zero-order valence-corrected chi connectivity index (χ0v) is 13.6. The highest BCUT2D eigenvalue weighted by Crippen LogP contribution is 2.19. The lowest BCUT2D eigenvalue weighted by Gasteiger charge is -2.26. The number of hydrogen-bond acceptors (Lipinski definition) is 6. The molecule has 1 aromatic rings. The Morgan fingerprint density at radius 2 is 1.81 bits per heavy atom. The van der Waals surface area contributed by atoms with Gasteiger partial charge in [-0.15, -0.1) is 0 Å². The van der Waals surface area contributed by atoms with Crippen LogP contribution in [0.5, 0.6) is 6.01 Å². The monoisotopic (exact) mass is 313 g/mol. The second-order valence-electron chi connectivity index (χ2n) is 5.11. The van der Waals surface area contributed by atoms with Crippen molar-refractivity contribution in [3.8, 4) is 6.01 Å². The van der Waals surface area contributed by atoms with Gasteiger partial charge in [-0.05, 0) is 44.0 Å². The summed E-state index contributed by atoms with van der Waals surface area (Å²) >= 11 is 5.99. The summed E-state index contributed by atoms with van der Waals surface area (Å²) in [6, 6.07) is 0.322. The maximum Gasteiger partial charge on any atom is 0.322 e. The van der Waals surface area contributed by atoms with E-state index in [1.54, 1.807) is 0 Å². The van der Waals surface area contributed by atoms with E-state index in [4.69, 9.17) is 16.3 Å². The van der Waals surface area contributed by atoms with Gasteiger partial charge in [0.1, 0.15) is 6.61 Å². The Hall–Kier alpha value is -1.14. The van der Waals surface area contributed by atoms with Crippen molar-refractivity contribution in [2.24, 2.45) is 0 Å². The van der Waals surface area contributed by atoms with Gasteiger partial charge in [-0.25, -0.2) is 0 Å². The average molecular weight is 314 g/mol. The zero-order chi connectivity index (χ0) is 15.1. The largest absolute Gasteiger partial charge is 0.462 e. The van der Waals surface area contributed by atoms with E-state index in [0.29, 0.717) is 18.6 Å². The van der Waals surface area contributed by atoms with Crippen LogP contribution in [0.1, 0.15) is 33.1 Å². The van der Waals surface area contributed by atoms with Crippen LogP contribution in [0.15, 0.2) is 0 Å². The van der Waals surface area contributed by atoms with Gasteiger partial charge in [-0.3, -0.25) is 0 Å². The molecule has 0 spiro atoms. The summed E-state index contributed by atoms with van der Waals surface area (Å²) in [6.45, 7) is 9.65. The fourth-order valence-corrected chi connectivity index (χ4v) is 2.58. The smallest absolute Gasteiger partial charge is 0.322 e. The second kappa shape index (κ2) is 8.34. The Labute approximate surface area is 131 Å². The van der Waals surface area contributed by atoms with Gasteiger partial charge in [-0.1, -0.05) is 13.8 Å². The van der Waals surface area contributed by atoms with Crippen LogP contribution in [0.4, 0.5) is 5.95 Å². The Kier molecular flexibility index (Phi) is 6.45. The fourth-order valence-electron chi connectivity index (χ4n) is 2.43. The number of piperidine rings is 1. The van der Waals surface area contributed by atoms with Crippen LogP contribution in [0.25, 0.3) is 0 Å². The molecule has 1 aromatic heterocycles. The lowest BCUT2D eigenvalue weighted by molar-refractivity contribution is 0.212. The van der Waals surface area contributed by atoms with Crippen LogP contribution in [-0.2, 0) is 0 Å². The minimum atomic E-state index is 0.198. The summed E-state index contributed by atoms with van der Waals surface area (Å²) in [4.78, 5) is 17.1. The summed E-state index contributed by atoms with van der Waals surface area (Å²) in [5, 5.41) is 0.198. The van der Waals surface area contributed by atoms with Gasteiger partial charge in [0.25, 0.3) is 0 Å². The molecule has 0 atom stereocenters. The highest BCUT2D eigenvalue weighted by Gasteiger charge is 2.16. The van der Waals surface area contributed by atoms with Crippen molar-refractivity contribution in [2.75, 3.05) is 44.2 Å². The average Bonchev–Trinajstić information content (AvgIpc) is 2.52. The van der Waals surface area contributed by atoms with E-state index < -0.39 is 0 Å². The van der Waals surface area contributed by atoms with E-state index in [2.05, 4.69) is 38.6 Å². The predicted molar refractivity (Wildman–Crippen MR) is 84.2 cm³/mol. The molecular weight excluding hydrogens is 290 g/mol. The standard InChI is InChI=1S/C14H24ClN5O/c1-3-19(4-2)10-11-21-14-17-12(15)16-13(18-14)20-8-6-5-7-9-20/h3-11H2,1-2H3. The maximum absolute atomic E-state index is 5.99. The Morgan fingerprint density at radius 3 is 2.48 bits per heavy atom. The summed E-state index contributed by atoms with van der Waals surface area (Å²) in [5.41, 5.74) is 0. The SMILES string of the molecule is CCN(CC)CCOc1nc(Cl)nc(N2CCCCC2)n1. The first kappa shape index (κ1) is 16.2. The van der Waals surface area contributed by atoms with Crippen LogP contribution in [-0.4, -0.2) is 59.2 Å². The third-order valence-electron chi connectivity index (χ3n) is 3.75. The van der Waals surface area contributed by atoms with Gasteiger partial charge >= 0.3 is 6.01 Å². The number of aromatic nitrogens is 3. The predicted octanol–water partition coefficient (Wildman–Crippen LogP) is 2.24. The molecule has 0 N–H and O–H groups in total. The minimum absolute atomic E-state index is 0.198. The lowest BCUT2D eigenvalue weighted by Crippen LogP contribution is -2.31.